The summed E-state index contributed by atoms with van der Waals surface area (Å²) < 4.78 is 0.626. The molecule has 7 heteroatoms. The van der Waals surface area contributed by atoms with E-state index in [4.69, 9.17) is 0 Å². The molecule has 2 rings (SSSR count). The Hall–Kier alpha value is -1.73. The van der Waals surface area contributed by atoms with Gasteiger partial charge in [-0.1, -0.05) is 13.8 Å². The maximum Gasteiger partial charge on any atom is 0.268 e. The zero-order chi connectivity index (χ0) is 15.4. The Morgan fingerprint density at radius 2 is 2.19 bits per heavy atom. The van der Waals surface area contributed by atoms with Gasteiger partial charge in [0.05, 0.1) is 18.1 Å². The van der Waals surface area contributed by atoms with Crippen molar-refractivity contribution in [2.24, 2.45) is 5.92 Å². The van der Waals surface area contributed by atoms with E-state index in [0.29, 0.717) is 35.0 Å². The number of amides is 1. The average molecular weight is 308 g/mol. The van der Waals surface area contributed by atoms with Gasteiger partial charge in [0, 0.05) is 6.54 Å². The van der Waals surface area contributed by atoms with Gasteiger partial charge in [-0.05, 0) is 24.3 Å². The first-order valence-corrected chi connectivity index (χ1v) is 7.83. The van der Waals surface area contributed by atoms with Crippen molar-refractivity contribution in [3.05, 3.63) is 27.6 Å². The zero-order valence-corrected chi connectivity index (χ0v) is 13.2. The summed E-state index contributed by atoms with van der Waals surface area (Å²) in [5, 5.41) is 7.77. The van der Waals surface area contributed by atoms with Gasteiger partial charge in [-0.2, -0.15) is 0 Å². The fraction of sp³-hybridized carbons (Fsp3) is 0.500. The summed E-state index contributed by atoms with van der Waals surface area (Å²) in [4.78, 5) is 30.8. The lowest BCUT2D eigenvalue weighted by Crippen LogP contribution is -2.43. The van der Waals surface area contributed by atoms with E-state index in [-0.39, 0.29) is 17.5 Å². The maximum atomic E-state index is 11.8. The molecule has 1 amide bonds. The number of carbonyl (C=O) groups excluding carboxylic acids is 1. The largest absolute Gasteiger partial charge is 0.354 e. The molecule has 2 heterocycles. The van der Waals surface area contributed by atoms with Crippen molar-refractivity contribution in [2.45, 2.75) is 33.4 Å². The van der Waals surface area contributed by atoms with Crippen LogP contribution in [0.2, 0.25) is 0 Å². The second-order valence-electron chi connectivity index (χ2n) is 5.39. The molecule has 0 aliphatic carbocycles. The minimum atomic E-state index is -0.341. The quantitative estimate of drug-likeness (QED) is 0.749. The second-order valence-corrected chi connectivity index (χ2v) is 6.31. The van der Waals surface area contributed by atoms with Crippen LogP contribution in [-0.2, 0) is 11.3 Å². The summed E-state index contributed by atoms with van der Waals surface area (Å²) >= 11 is 1.37. The van der Waals surface area contributed by atoms with Gasteiger partial charge in [0.2, 0.25) is 5.91 Å². The van der Waals surface area contributed by atoms with E-state index < -0.39 is 0 Å². The number of aromatic nitrogens is 2. The molecule has 0 aromatic carbocycles. The lowest BCUT2D eigenvalue weighted by atomic mass is 10.2. The van der Waals surface area contributed by atoms with Gasteiger partial charge < -0.3 is 10.3 Å². The molecule has 6 nitrogen and oxygen atoms in total. The predicted molar refractivity (Wildman–Crippen MR) is 84.4 cm³/mol. The standard InChI is InChI=1S/C14H20N4O2S/c1-8(2)6-16-13(19)9(3)15-7-11-17-10-4-5-21-12(10)14(20)18-11/h4-5,8-9,15H,6-7H2,1-3H3,(H,16,19)(H,17,18,20). The minimum absolute atomic E-state index is 0.0531. The van der Waals surface area contributed by atoms with E-state index in [0.717, 1.165) is 0 Å². The molecule has 21 heavy (non-hydrogen) atoms. The molecular formula is C14H20N4O2S. The van der Waals surface area contributed by atoms with Crippen LogP contribution in [0.1, 0.15) is 26.6 Å². The lowest BCUT2D eigenvalue weighted by Gasteiger charge is -2.14. The SMILES string of the molecule is CC(C)CNC(=O)C(C)NCc1nc2ccsc2c(=O)[nH]1. The Bertz CT molecular complexity index is 677. The highest BCUT2D eigenvalue weighted by atomic mass is 32.1. The van der Waals surface area contributed by atoms with Gasteiger partial charge in [-0.15, -0.1) is 11.3 Å². The van der Waals surface area contributed by atoms with Crippen LogP contribution in [0.3, 0.4) is 0 Å². The molecule has 0 saturated carbocycles. The van der Waals surface area contributed by atoms with E-state index in [1.54, 1.807) is 6.92 Å². The van der Waals surface area contributed by atoms with Crippen molar-refractivity contribution in [1.82, 2.24) is 20.6 Å². The van der Waals surface area contributed by atoms with Crippen LogP contribution in [0, 0.1) is 5.92 Å². The zero-order valence-electron chi connectivity index (χ0n) is 12.4. The first kappa shape index (κ1) is 15.7. The van der Waals surface area contributed by atoms with Gasteiger partial charge in [0.1, 0.15) is 10.5 Å². The highest BCUT2D eigenvalue weighted by Gasteiger charge is 2.13. The van der Waals surface area contributed by atoms with E-state index >= 15 is 0 Å². The van der Waals surface area contributed by atoms with E-state index in [1.165, 1.54) is 11.3 Å². The molecule has 2 aromatic rings. The third-order valence-corrected chi connectivity index (χ3v) is 3.92. The summed E-state index contributed by atoms with van der Waals surface area (Å²) in [7, 11) is 0. The Morgan fingerprint density at radius 3 is 2.90 bits per heavy atom. The van der Waals surface area contributed by atoms with Crippen molar-refractivity contribution in [3.8, 4) is 0 Å². The molecule has 1 unspecified atom stereocenters. The van der Waals surface area contributed by atoms with Crippen molar-refractivity contribution in [1.29, 1.82) is 0 Å². The number of nitrogens with zero attached hydrogens (tertiary/aromatic N) is 1. The molecule has 2 aromatic heterocycles. The molecule has 0 bridgehead atoms. The van der Waals surface area contributed by atoms with Crippen LogP contribution in [0.5, 0.6) is 0 Å². The van der Waals surface area contributed by atoms with Crippen LogP contribution in [0.25, 0.3) is 10.2 Å². The Balaban J connectivity index is 1.94. The van der Waals surface area contributed by atoms with Crippen LogP contribution in [0.15, 0.2) is 16.2 Å². The number of hydrogen-bond donors (Lipinski definition) is 3. The Morgan fingerprint density at radius 1 is 1.43 bits per heavy atom. The fourth-order valence-electron chi connectivity index (χ4n) is 1.81. The number of carbonyl (C=O) groups is 1. The summed E-state index contributed by atoms with van der Waals surface area (Å²) in [5.74, 6) is 0.900. The summed E-state index contributed by atoms with van der Waals surface area (Å²) in [5.41, 5.74) is 0.557. The van der Waals surface area contributed by atoms with Gasteiger partial charge in [-0.3, -0.25) is 14.9 Å². The number of aromatic amines is 1. The van der Waals surface area contributed by atoms with Gasteiger partial charge >= 0.3 is 0 Å². The number of H-pyrrole nitrogens is 1. The number of thiophene rings is 1. The van der Waals surface area contributed by atoms with Crippen LogP contribution >= 0.6 is 11.3 Å². The summed E-state index contributed by atoms with van der Waals surface area (Å²) in [6.45, 7) is 6.88. The highest BCUT2D eigenvalue weighted by Crippen LogP contribution is 2.13. The third-order valence-electron chi connectivity index (χ3n) is 3.02. The van der Waals surface area contributed by atoms with Crippen LogP contribution in [0.4, 0.5) is 0 Å². The topological polar surface area (TPSA) is 86.9 Å². The molecule has 1 atom stereocenters. The first-order valence-electron chi connectivity index (χ1n) is 6.95. The monoisotopic (exact) mass is 308 g/mol. The van der Waals surface area contributed by atoms with E-state index in [2.05, 4.69) is 20.6 Å². The van der Waals surface area contributed by atoms with Crippen LogP contribution in [-0.4, -0.2) is 28.5 Å². The number of hydrogen-bond acceptors (Lipinski definition) is 5. The number of fused-ring (bicyclic) bond motifs is 1. The lowest BCUT2D eigenvalue weighted by molar-refractivity contribution is -0.122. The summed E-state index contributed by atoms with van der Waals surface area (Å²) in [6, 6.07) is 1.48. The Labute approximate surface area is 127 Å². The number of rotatable bonds is 6. The van der Waals surface area contributed by atoms with Crippen molar-refractivity contribution in [2.75, 3.05) is 6.54 Å². The fourth-order valence-corrected chi connectivity index (χ4v) is 2.53. The predicted octanol–water partition coefficient (Wildman–Crippen LogP) is 1.23. The highest BCUT2D eigenvalue weighted by molar-refractivity contribution is 7.17. The molecule has 114 valence electrons. The minimum Gasteiger partial charge on any atom is -0.354 e. The van der Waals surface area contributed by atoms with Crippen molar-refractivity contribution < 1.29 is 4.79 Å². The number of nitrogens with one attached hydrogen (secondary N) is 3. The molecule has 0 radical (unpaired) electrons. The van der Waals surface area contributed by atoms with Crippen molar-refractivity contribution in [3.63, 3.8) is 0 Å². The molecule has 0 aliphatic heterocycles. The van der Waals surface area contributed by atoms with E-state index in [1.807, 2.05) is 25.3 Å². The Kier molecular flexibility index (Phi) is 5.08. The molecular weight excluding hydrogens is 288 g/mol. The van der Waals surface area contributed by atoms with Gasteiger partial charge in [0.25, 0.3) is 5.56 Å². The average Bonchev–Trinajstić information content (AvgIpc) is 2.91. The molecule has 0 aliphatic rings. The molecule has 0 spiro atoms. The molecule has 3 N–H and O–H groups in total. The normalized spacial score (nSPS) is 12.8. The van der Waals surface area contributed by atoms with Gasteiger partial charge in [-0.25, -0.2) is 4.98 Å². The smallest absolute Gasteiger partial charge is 0.268 e. The van der Waals surface area contributed by atoms with E-state index in [9.17, 15) is 9.59 Å². The maximum absolute atomic E-state index is 11.8. The first-order chi connectivity index (χ1) is 9.97. The molecule has 0 fully saturated rings. The van der Waals surface area contributed by atoms with Crippen molar-refractivity contribution >= 4 is 27.5 Å². The summed E-state index contributed by atoms with van der Waals surface area (Å²) in [6.07, 6.45) is 0. The van der Waals surface area contributed by atoms with Crippen LogP contribution < -0.4 is 16.2 Å². The third kappa shape index (κ3) is 4.12. The molecule has 0 saturated heterocycles. The second kappa shape index (κ2) is 6.82. The van der Waals surface area contributed by atoms with Gasteiger partial charge in [0.15, 0.2) is 0 Å².